The Morgan fingerprint density at radius 1 is 1.03 bits per heavy atom. The Morgan fingerprint density at radius 3 is 2.36 bits per heavy atom. The van der Waals surface area contributed by atoms with Gasteiger partial charge in [-0.3, -0.25) is 9.52 Å². The Balaban J connectivity index is 1.72. The molecule has 1 unspecified atom stereocenters. The van der Waals surface area contributed by atoms with Crippen LogP contribution in [0.1, 0.15) is 22.0 Å². The first-order chi connectivity index (χ1) is 15.7. The van der Waals surface area contributed by atoms with Gasteiger partial charge in [0.25, 0.3) is 15.9 Å². The van der Waals surface area contributed by atoms with Gasteiger partial charge < -0.3 is 15.0 Å². The number of halogens is 1. The highest BCUT2D eigenvalue weighted by atomic mass is 35.5. The quantitative estimate of drug-likeness (QED) is 0.472. The number of hydrogen-bond donors (Lipinski definition) is 2. The van der Waals surface area contributed by atoms with Gasteiger partial charge in [-0.05, 0) is 68.2 Å². The number of rotatable bonds is 9. The first-order valence-corrected chi connectivity index (χ1v) is 12.0. The van der Waals surface area contributed by atoms with Crippen LogP contribution in [0.15, 0.2) is 77.7 Å². The molecule has 9 heteroatoms. The average molecular weight is 488 g/mol. The molecular weight excluding hydrogens is 462 g/mol. The van der Waals surface area contributed by atoms with E-state index in [9.17, 15) is 13.2 Å². The zero-order valence-corrected chi connectivity index (χ0v) is 20.2. The van der Waals surface area contributed by atoms with Crippen LogP contribution in [0.5, 0.6) is 5.75 Å². The third kappa shape index (κ3) is 6.47. The second kappa shape index (κ2) is 10.7. The van der Waals surface area contributed by atoms with Gasteiger partial charge in [-0.25, -0.2) is 8.42 Å². The highest BCUT2D eigenvalue weighted by Gasteiger charge is 2.19. The van der Waals surface area contributed by atoms with Crippen molar-refractivity contribution >= 4 is 33.2 Å². The molecule has 33 heavy (non-hydrogen) atoms. The molecule has 0 aliphatic rings. The molecule has 0 radical (unpaired) electrons. The molecule has 0 aliphatic carbocycles. The summed E-state index contributed by atoms with van der Waals surface area (Å²) in [5.74, 6) is 0.389. The van der Waals surface area contributed by atoms with Crippen molar-refractivity contribution in [2.24, 2.45) is 0 Å². The number of benzene rings is 3. The van der Waals surface area contributed by atoms with E-state index in [0.29, 0.717) is 17.3 Å². The van der Waals surface area contributed by atoms with Gasteiger partial charge in [0, 0.05) is 17.1 Å². The number of ether oxygens (including phenoxy) is 1. The number of amides is 1. The van der Waals surface area contributed by atoms with Crippen LogP contribution in [-0.2, 0) is 10.0 Å². The summed E-state index contributed by atoms with van der Waals surface area (Å²) in [7, 11) is 1.57. The number of hydrogen-bond acceptors (Lipinski definition) is 5. The van der Waals surface area contributed by atoms with Crippen LogP contribution in [-0.4, -0.2) is 47.0 Å². The van der Waals surface area contributed by atoms with Gasteiger partial charge in [-0.1, -0.05) is 35.9 Å². The van der Waals surface area contributed by atoms with Crippen molar-refractivity contribution in [3.63, 3.8) is 0 Å². The highest BCUT2D eigenvalue weighted by Crippen LogP contribution is 2.22. The maximum atomic E-state index is 12.8. The van der Waals surface area contributed by atoms with E-state index in [-0.39, 0.29) is 22.4 Å². The number of likely N-dealkylation sites (N-methyl/N-ethyl adjacent to an activating group) is 1. The van der Waals surface area contributed by atoms with Crippen molar-refractivity contribution in [2.45, 2.75) is 10.9 Å². The molecule has 0 saturated carbocycles. The molecule has 3 aromatic carbocycles. The van der Waals surface area contributed by atoms with Crippen LogP contribution in [0.25, 0.3) is 0 Å². The molecule has 0 saturated heterocycles. The molecule has 2 N–H and O–H groups in total. The summed E-state index contributed by atoms with van der Waals surface area (Å²) in [4.78, 5) is 14.8. The van der Waals surface area contributed by atoms with Crippen molar-refractivity contribution in [1.29, 1.82) is 0 Å². The lowest BCUT2D eigenvalue weighted by atomic mass is 10.1. The lowest BCUT2D eigenvalue weighted by Crippen LogP contribution is -2.34. The summed E-state index contributed by atoms with van der Waals surface area (Å²) in [5, 5.41) is 3.31. The molecule has 3 rings (SSSR count). The Labute approximate surface area is 199 Å². The molecule has 0 fully saturated rings. The fourth-order valence-electron chi connectivity index (χ4n) is 3.29. The van der Waals surface area contributed by atoms with Gasteiger partial charge in [-0.2, -0.15) is 0 Å². The van der Waals surface area contributed by atoms with E-state index < -0.39 is 10.0 Å². The normalized spacial score (nSPS) is 12.3. The third-order valence-electron chi connectivity index (χ3n) is 5.06. The van der Waals surface area contributed by atoms with Crippen LogP contribution in [0.4, 0.5) is 5.69 Å². The zero-order valence-electron chi connectivity index (χ0n) is 18.6. The van der Waals surface area contributed by atoms with Crippen LogP contribution >= 0.6 is 11.6 Å². The first-order valence-electron chi connectivity index (χ1n) is 10.2. The standard InChI is InChI=1S/C24H26ClN3O4S/c1-28(2)23(17-10-12-21(32-3)13-11-17)16-26-24(29)18-6-4-9-22(14-18)33(30,31)27-20-8-5-7-19(25)15-20/h4-15,23,27H,16H2,1-3H3,(H,26,29). The van der Waals surface area contributed by atoms with E-state index in [2.05, 4.69) is 10.0 Å². The number of nitrogens with zero attached hydrogens (tertiary/aromatic N) is 1. The second-order valence-corrected chi connectivity index (χ2v) is 9.73. The molecule has 7 nitrogen and oxygen atoms in total. The SMILES string of the molecule is COc1ccc(C(CNC(=O)c2cccc(S(=O)(=O)Nc3cccc(Cl)c3)c2)N(C)C)cc1. The molecule has 0 aliphatic heterocycles. The van der Waals surface area contributed by atoms with Crippen molar-refractivity contribution in [3.8, 4) is 5.75 Å². The molecule has 0 spiro atoms. The van der Waals surface area contributed by atoms with Gasteiger partial charge in [0.05, 0.1) is 23.7 Å². The number of anilines is 1. The summed E-state index contributed by atoms with van der Waals surface area (Å²) >= 11 is 5.93. The van der Waals surface area contributed by atoms with Crippen molar-refractivity contribution in [2.75, 3.05) is 32.5 Å². The molecule has 0 heterocycles. The molecule has 0 aromatic heterocycles. The van der Waals surface area contributed by atoms with Crippen LogP contribution in [0, 0.1) is 0 Å². The summed E-state index contributed by atoms with van der Waals surface area (Å²) in [6, 6.07) is 19.9. The fraction of sp³-hybridized carbons (Fsp3) is 0.208. The minimum atomic E-state index is -3.89. The topological polar surface area (TPSA) is 87.7 Å². The lowest BCUT2D eigenvalue weighted by Gasteiger charge is -2.25. The molecule has 1 atom stereocenters. The highest BCUT2D eigenvalue weighted by molar-refractivity contribution is 7.92. The van der Waals surface area contributed by atoms with E-state index in [1.807, 2.05) is 43.3 Å². The minimum Gasteiger partial charge on any atom is -0.497 e. The molecule has 174 valence electrons. The number of carbonyl (C=O) groups is 1. The van der Waals surface area contributed by atoms with Gasteiger partial charge in [0.2, 0.25) is 0 Å². The minimum absolute atomic E-state index is 0.0190. The van der Waals surface area contributed by atoms with E-state index in [4.69, 9.17) is 16.3 Å². The van der Waals surface area contributed by atoms with Crippen molar-refractivity contribution in [3.05, 3.63) is 88.9 Å². The molecule has 0 bridgehead atoms. The Morgan fingerprint density at radius 2 is 1.73 bits per heavy atom. The summed E-state index contributed by atoms with van der Waals surface area (Å²) in [6.45, 7) is 0.343. The zero-order chi connectivity index (χ0) is 24.0. The van der Waals surface area contributed by atoms with Gasteiger partial charge in [0.15, 0.2) is 0 Å². The average Bonchev–Trinajstić information content (AvgIpc) is 2.79. The Kier molecular flexibility index (Phi) is 7.97. The van der Waals surface area contributed by atoms with Gasteiger partial charge in [-0.15, -0.1) is 0 Å². The molecular formula is C24H26ClN3O4S. The van der Waals surface area contributed by atoms with Crippen LogP contribution in [0.2, 0.25) is 5.02 Å². The van der Waals surface area contributed by atoms with E-state index in [1.54, 1.807) is 31.4 Å². The van der Waals surface area contributed by atoms with E-state index in [0.717, 1.165) is 11.3 Å². The summed E-state index contributed by atoms with van der Waals surface area (Å²) < 4.78 is 33.2. The number of nitrogens with one attached hydrogen (secondary N) is 2. The number of methoxy groups -OCH3 is 1. The molecule has 3 aromatic rings. The Hall–Kier alpha value is -3.07. The maximum absolute atomic E-state index is 12.8. The smallest absolute Gasteiger partial charge is 0.261 e. The van der Waals surface area contributed by atoms with Crippen LogP contribution in [0.3, 0.4) is 0 Å². The number of carbonyl (C=O) groups excluding carboxylic acids is 1. The third-order valence-corrected chi connectivity index (χ3v) is 6.68. The first kappa shape index (κ1) is 24.6. The van der Waals surface area contributed by atoms with Gasteiger partial charge in [0.1, 0.15) is 5.75 Å². The maximum Gasteiger partial charge on any atom is 0.261 e. The Bertz CT molecular complexity index is 1210. The van der Waals surface area contributed by atoms with Gasteiger partial charge >= 0.3 is 0 Å². The lowest BCUT2D eigenvalue weighted by molar-refractivity contribution is 0.0941. The van der Waals surface area contributed by atoms with E-state index >= 15 is 0 Å². The summed E-state index contributed by atoms with van der Waals surface area (Å²) in [5.41, 5.74) is 1.60. The molecule has 1 amide bonds. The predicted molar refractivity (Wildman–Crippen MR) is 130 cm³/mol. The summed E-state index contributed by atoms with van der Waals surface area (Å²) in [6.07, 6.45) is 0. The van der Waals surface area contributed by atoms with Crippen molar-refractivity contribution in [1.82, 2.24) is 10.2 Å². The monoisotopic (exact) mass is 487 g/mol. The predicted octanol–water partition coefficient (Wildman–Crippen LogP) is 4.18. The fourth-order valence-corrected chi connectivity index (χ4v) is 4.57. The van der Waals surface area contributed by atoms with Crippen molar-refractivity contribution < 1.29 is 17.9 Å². The van der Waals surface area contributed by atoms with Crippen LogP contribution < -0.4 is 14.8 Å². The largest absolute Gasteiger partial charge is 0.497 e. The number of sulfonamides is 1. The van der Waals surface area contributed by atoms with E-state index in [1.165, 1.54) is 24.3 Å². The second-order valence-electron chi connectivity index (χ2n) is 7.61.